The van der Waals surface area contributed by atoms with Crippen LogP contribution >= 0.6 is 23.4 Å². The minimum atomic E-state index is 0.666. The minimum absolute atomic E-state index is 0.666. The van der Waals surface area contributed by atoms with E-state index in [2.05, 4.69) is 36.4 Å². The Morgan fingerprint density at radius 1 is 0.842 bits per heavy atom. The molecule has 0 saturated carbocycles. The monoisotopic (exact) mass is 285 g/mol. The topological polar surface area (TPSA) is 26.0 Å². The molecule has 1 nitrogen and oxygen atoms in total. The van der Waals surface area contributed by atoms with Gasteiger partial charge in [0.2, 0.25) is 0 Å². The SMILES string of the molecule is Nc1cc(Cl)ccc1Sc1cccc2ccccc12. The van der Waals surface area contributed by atoms with Crippen molar-refractivity contribution in [2.75, 3.05) is 5.73 Å². The Morgan fingerprint density at radius 2 is 1.63 bits per heavy atom. The van der Waals surface area contributed by atoms with E-state index in [4.69, 9.17) is 17.3 Å². The van der Waals surface area contributed by atoms with Crippen LogP contribution in [-0.2, 0) is 0 Å². The highest BCUT2D eigenvalue weighted by molar-refractivity contribution is 7.99. The number of benzene rings is 3. The summed E-state index contributed by atoms with van der Waals surface area (Å²) in [4.78, 5) is 2.23. The van der Waals surface area contributed by atoms with Crippen LogP contribution in [0.4, 0.5) is 5.69 Å². The lowest BCUT2D eigenvalue weighted by atomic mass is 10.1. The number of fused-ring (bicyclic) bond motifs is 1. The lowest BCUT2D eigenvalue weighted by Gasteiger charge is -2.08. The molecule has 0 amide bonds. The van der Waals surface area contributed by atoms with E-state index in [1.807, 2.05) is 18.2 Å². The number of nitrogens with two attached hydrogens (primary N) is 1. The minimum Gasteiger partial charge on any atom is -0.398 e. The Bertz CT molecular complexity index is 734. The van der Waals surface area contributed by atoms with Gasteiger partial charge in [0.1, 0.15) is 0 Å². The molecule has 3 aromatic carbocycles. The number of hydrogen-bond acceptors (Lipinski definition) is 2. The van der Waals surface area contributed by atoms with Crippen LogP contribution in [0.25, 0.3) is 10.8 Å². The van der Waals surface area contributed by atoms with Gasteiger partial charge in [0, 0.05) is 20.5 Å². The molecule has 3 heteroatoms. The van der Waals surface area contributed by atoms with E-state index < -0.39 is 0 Å². The van der Waals surface area contributed by atoms with Gasteiger partial charge in [-0.1, -0.05) is 59.8 Å². The smallest absolute Gasteiger partial charge is 0.0470 e. The Kier molecular flexibility index (Phi) is 3.36. The quantitative estimate of drug-likeness (QED) is 0.653. The first-order valence-corrected chi connectivity index (χ1v) is 7.14. The average molecular weight is 286 g/mol. The fraction of sp³-hybridized carbons (Fsp3) is 0. The summed E-state index contributed by atoms with van der Waals surface area (Å²) in [6.45, 7) is 0. The zero-order chi connectivity index (χ0) is 13.2. The van der Waals surface area contributed by atoms with Gasteiger partial charge in [0.25, 0.3) is 0 Å². The summed E-state index contributed by atoms with van der Waals surface area (Å²) in [7, 11) is 0. The summed E-state index contributed by atoms with van der Waals surface area (Å²) in [5.41, 5.74) is 6.72. The molecular formula is C16H12ClNS. The third-order valence-electron chi connectivity index (χ3n) is 2.94. The highest BCUT2D eigenvalue weighted by atomic mass is 35.5. The van der Waals surface area contributed by atoms with Gasteiger partial charge in [-0.3, -0.25) is 0 Å². The van der Waals surface area contributed by atoms with Crippen LogP contribution in [0.3, 0.4) is 0 Å². The molecule has 0 aliphatic rings. The fourth-order valence-corrected chi connectivity index (χ4v) is 3.19. The summed E-state index contributed by atoms with van der Waals surface area (Å²) in [5, 5.41) is 3.14. The van der Waals surface area contributed by atoms with E-state index in [-0.39, 0.29) is 0 Å². The first kappa shape index (κ1) is 12.4. The van der Waals surface area contributed by atoms with Crippen LogP contribution in [0.5, 0.6) is 0 Å². The highest BCUT2D eigenvalue weighted by Crippen LogP contribution is 2.37. The maximum Gasteiger partial charge on any atom is 0.0470 e. The van der Waals surface area contributed by atoms with Crippen molar-refractivity contribution in [3.63, 3.8) is 0 Å². The molecular weight excluding hydrogens is 274 g/mol. The number of halogens is 1. The summed E-state index contributed by atoms with van der Waals surface area (Å²) in [6, 6.07) is 20.3. The largest absolute Gasteiger partial charge is 0.398 e. The molecule has 0 spiro atoms. The molecule has 0 saturated heterocycles. The van der Waals surface area contributed by atoms with Crippen LogP contribution in [-0.4, -0.2) is 0 Å². The van der Waals surface area contributed by atoms with Gasteiger partial charge in [-0.05, 0) is 35.0 Å². The molecule has 3 rings (SSSR count). The first-order chi connectivity index (χ1) is 9.24. The van der Waals surface area contributed by atoms with Crippen molar-refractivity contribution in [2.24, 2.45) is 0 Å². The molecule has 0 aliphatic heterocycles. The molecule has 0 unspecified atom stereocenters. The van der Waals surface area contributed by atoms with E-state index in [0.29, 0.717) is 10.7 Å². The molecule has 2 N–H and O–H groups in total. The van der Waals surface area contributed by atoms with Crippen molar-refractivity contribution in [3.05, 3.63) is 65.7 Å². The molecule has 3 aromatic rings. The van der Waals surface area contributed by atoms with Gasteiger partial charge in [0.15, 0.2) is 0 Å². The van der Waals surface area contributed by atoms with E-state index in [1.54, 1.807) is 17.8 Å². The summed E-state index contributed by atoms with van der Waals surface area (Å²) >= 11 is 7.59. The lowest BCUT2D eigenvalue weighted by molar-refractivity contribution is 1.44. The molecule has 94 valence electrons. The van der Waals surface area contributed by atoms with Gasteiger partial charge in [0.05, 0.1) is 0 Å². The molecule has 0 atom stereocenters. The Balaban J connectivity index is 2.06. The van der Waals surface area contributed by atoms with Crippen LogP contribution < -0.4 is 5.73 Å². The molecule has 0 aromatic heterocycles. The summed E-state index contributed by atoms with van der Waals surface area (Å²) in [5.74, 6) is 0. The highest BCUT2D eigenvalue weighted by Gasteiger charge is 2.05. The van der Waals surface area contributed by atoms with Gasteiger partial charge < -0.3 is 5.73 Å². The van der Waals surface area contributed by atoms with Crippen LogP contribution in [0.15, 0.2) is 70.5 Å². The Hall–Kier alpha value is -1.64. The second-order valence-corrected chi connectivity index (χ2v) is 5.78. The number of hydrogen-bond donors (Lipinski definition) is 1. The maximum absolute atomic E-state index is 6.01. The van der Waals surface area contributed by atoms with E-state index >= 15 is 0 Å². The standard InChI is InChI=1S/C16H12ClNS/c17-12-8-9-16(14(18)10-12)19-15-7-3-5-11-4-1-2-6-13(11)15/h1-10H,18H2. The van der Waals surface area contributed by atoms with Crippen molar-refractivity contribution in [1.29, 1.82) is 0 Å². The molecule has 0 aliphatic carbocycles. The molecule has 0 heterocycles. The lowest BCUT2D eigenvalue weighted by Crippen LogP contribution is -1.88. The number of anilines is 1. The van der Waals surface area contributed by atoms with Crippen LogP contribution in [0, 0.1) is 0 Å². The normalized spacial score (nSPS) is 10.8. The van der Waals surface area contributed by atoms with E-state index in [1.165, 1.54) is 15.7 Å². The maximum atomic E-state index is 6.01. The van der Waals surface area contributed by atoms with Gasteiger partial charge in [-0.25, -0.2) is 0 Å². The fourth-order valence-electron chi connectivity index (χ4n) is 2.02. The van der Waals surface area contributed by atoms with Gasteiger partial charge in [-0.15, -0.1) is 0 Å². The average Bonchev–Trinajstić information content (AvgIpc) is 2.42. The van der Waals surface area contributed by atoms with Gasteiger partial charge in [-0.2, -0.15) is 0 Å². The molecule has 0 radical (unpaired) electrons. The predicted molar refractivity (Wildman–Crippen MR) is 83.9 cm³/mol. The van der Waals surface area contributed by atoms with Crippen molar-refractivity contribution in [2.45, 2.75) is 9.79 Å². The predicted octanol–water partition coefficient (Wildman–Crippen LogP) is 5.23. The van der Waals surface area contributed by atoms with E-state index in [9.17, 15) is 0 Å². The van der Waals surface area contributed by atoms with E-state index in [0.717, 1.165) is 4.90 Å². The second-order valence-electron chi connectivity index (χ2n) is 4.26. The summed E-state index contributed by atoms with van der Waals surface area (Å²) < 4.78 is 0. The van der Waals surface area contributed by atoms with Crippen molar-refractivity contribution >= 4 is 39.8 Å². The zero-order valence-corrected chi connectivity index (χ0v) is 11.7. The van der Waals surface area contributed by atoms with Crippen molar-refractivity contribution < 1.29 is 0 Å². The molecule has 0 bridgehead atoms. The van der Waals surface area contributed by atoms with Crippen molar-refractivity contribution in [3.8, 4) is 0 Å². The first-order valence-electron chi connectivity index (χ1n) is 5.95. The Labute approximate surface area is 121 Å². The number of rotatable bonds is 2. The third-order valence-corrected chi connectivity index (χ3v) is 4.34. The summed E-state index contributed by atoms with van der Waals surface area (Å²) in [6.07, 6.45) is 0. The van der Waals surface area contributed by atoms with Crippen LogP contribution in [0.1, 0.15) is 0 Å². The van der Waals surface area contributed by atoms with Gasteiger partial charge >= 0.3 is 0 Å². The number of nitrogen functional groups attached to an aromatic ring is 1. The molecule has 0 fully saturated rings. The van der Waals surface area contributed by atoms with Crippen molar-refractivity contribution in [1.82, 2.24) is 0 Å². The van der Waals surface area contributed by atoms with Crippen LogP contribution in [0.2, 0.25) is 5.02 Å². The Morgan fingerprint density at radius 3 is 2.47 bits per heavy atom. The molecule has 19 heavy (non-hydrogen) atoms. The zero-order valence-electron chi connectivity index (χ0n) is 10.1. The third kappa shape index (κ3) is 2.55. The second kappa shape index (κ2) is 5.16.